The normalized spacial score (nSPS) is 11.4. The van der Waals surface area contributed by atoms with E-state index in [0.29, 0.717) is 11.5 Å². The number of aliphatic carboxylic acids is 1. The minimum Gasteiger partial charge on any atom is -0.481 e. The number of halogens is 2. The highest BCUT2D eigenvalue weighted by atomic mass is 35.5. The molecular weight excluding hydrogens is 295 g/mol. The van der Waals surface area contributed by atoms with E-state index in [1.165, 1.54) is 4.40 Å². The monoisotopic (exact) mass is 308 g/mol. The van der Waals surface area contributed by atoms with E-state index in [4.69, 9.17) is 10.8 Å². The van der Waals surface area contributed by atoms with Crippen LogP contribution in [-0.4, -0.2) is 25.4 Å². The topological polar surface area (TPSA) is 113 Å². The number of fused-ring (bicyclic) bond motifs is 1. The average Bonchev–Trinajstić information content (AvgIpc) is 2.74. The highest BCUT2D eigenvalue weighted by molar-refractivity contribution is 5.85. The van der Waals surface area contributed by atoms with Crippen LogP contribution in [0.1, 0.15) is 24.7 Å². The molecule has 0 amide bonds. The molecule has 19 heavy (non-hydrogen) atoms. The van der Waals surface area contributed by atoms with Crippen molar-refractivity contribution in [2.24, 2.45) is 5.73 Å². The van der Waals surface area contributed by atoms with Gasteiger partial charge in [0.1, 0.15) is 11.5 Å². The van der Waals surface area contributed by atoms with Crippen molar-refractivity contribution in [2.75, 3.05) is 0 Å². The first kappa shape index (κ1) is 17.4. The zero-order valence-electron chi connectivity index (χ0n) is 9.78. The first-order valence-corrected chi connectivity index (χ1v) is 5.12. The molecule has 0 aliphatic heterocycles. The number of nitrogens with two attached hydrogens (primary N) is 1. The summed E-state index contributed by atoms with van der Waals surface area (Å²) in [6, 6.07) is 2.80. The van der Waals surface area contributed by atoms with Crippen molar-refractivity contribution in [1.82, 2.24) is 14.4 Å². The van der Waals surface area contributed by atoms with Crippen LogP contribution in [0.3, 0.4) is 0 Å². The Balaban J connectivity index is 0.00000162. The second-order valence-electron chi connectivity index (χ2n) is 3.70. The summed E-state index contributed by atoms with van der Waals surface area (Å²) in [7, 11) is 0. The fraction of sp³-hybridized carbons (Fsp3) is 0.300. The van der Waals surface area contributed by atoms with Crippen LogP contribution < -0.4 is 11.4 Å². The van der Waals surface area contributed by atoms with E-state index >= 15 is 0 Å². The summed E-state index contributed by atoms with van der Waals surface area (Å²) >= 11 is 0. The minimum atomic E-state index is -0.924. The maximum Gasteiger partial charge on any atom is 0.332 e. The Morgan fingerprint density at radius 1 is 1.53 bits per heavy atom. The minimum absolute atomic E-state index is 0. The van der Waals surface area contributed by atoms with Gasteiger partial charge in [0.25, 0.3) is 0 Å². The van der Waals surface area contributed by atoms with Gasteiger partial charge in [0.05, 0.1) is 6.04 Å². The molecular formula is C10H14Cl2N4O3. The van der Waals surface area contributed by atoms with Crippen LogP contribution in [0.5, 0.6) is 0 Å². The molecule has 0 aliphatic carbocycles. The lowest BCUT2D eigenvalue weighted by Crippen LogP contribution is -2.24. The molecule has 7 nitrogen and oxygen atoms in total. The summed E-state index contributed by atoms with van der Waals surface area (Å²) in [6.07, 6.45) is 1.76. The lowest BCUT2D eigenvalue weighted by atomic mass is 10.1. The van der Waals surface area contributed by atoms with E-state index in [0.717, 1.165) is 0 Å². The number of nitrogens with one attached hydrogen (secondary N) is 1. The zero-order valence-corrected chi connectivity index (χ0v) is 11.4. The molecule has 106 valence electrons. The molecule has 0 spiro atoms. The third-order valence-electron chi connectivity index (χ3n) is 2.44. The van der Waals surface area contributed by atoms with Crippen LogP contribution in [0, 0.1) is 0 Å². The predicted octanol–water partition coefficient (Wildman–Crippen LogP) is 0.731. The van der Waals surface area contributed by atoms with Gasteiger partial charge in [-0.15, -0.1) is 24.8 Å². The van der Waals surface area contributed by atoms with E-state index in [-0.39, 0.29) is 43.3 Å². The van der Waals surface area contributed by atoms with Gasteiger partial charge in [0, 0.05) is 12.6 Å². The summed E-state index contributed by atoms with van der Waals surface area (Å²) in [6.45, 7) is 0. The highest BCUT2D eigenvalue weighted by Crippen LogP contribution is 2.10. The fourth-order valence-corrected chi connectivity index (χ4v) is 1.55. The number of hydrogen-bond donors (Lipinski definition) is 3. The van der Waals surface area contributed by atoms with Crippen LogP contribution >= 0.6 is 24.8 Å². The van der Waals surface area contributed by atoms with Crippen LogP contribution in [-0.2, 0) is 4.79 Å². The van der Waals surface area contributed by atoms with E-state index in [1.807, 2.05) is 0 Å². The molecule has 0 radical (unpaired) electrons. The Morgan fingerprint density at radius 2 is 2.21 bits per heavy atom. The van der Waals surface area contributed by atoms with Crippen molar-refractivity contribution in [3.05, 3.63) is 34.6 Å². The lowest BCUT2D eigenvalue weighted by Gasteiger charge is -2.09. The van der Waals surface area contributed by atoms with Gasteiger partial charge >= 0.3 is 11.7 Å². The van der Waals surface area contributed by atoms with E-state index < -0.39 is 12.0 Å². The van der Waals surface area contributed by atoms with Gasteiger partial charge in [0.2, 0.25) is 0 Å². The predicted molar refractivity (Wildman–Crippen MR) is 74.1 cm³/mol. The van der Waals surface area contributed by atoms with Gasteiger partial charge in [-0.25, -0.2) is 9.78 Å². The number of H-pyrrole nitrogens is 1. The lowest BCUT2D eigenvalue weighted by molar-refractivity contribution is -0.137. The standard InChI is InChI=1S/C10H12N4O3.2ClH/c11-6(3-4-8(15)16)9-12-7-2-1-5-14(7)10(17)13-9;;/h1-2,5-6H,3-4,11H2,(H,15,16)(H,12,13,17);2*1H. The van der Waals surface area contributed by atoms with E-state index in [1.54, 1.807) is 18.3 Å². The molecule has 9 heteroatoms. The summed E-state index contributed by atoms with van der Waals surface area (Å²) < 4.78 is 1.35. The van der Waals surface area contributed by atoms with Crippen molar-refractivity contribution in [3.8, 4) is 0 Å². The van der Waals surface area contributed by atoms with Crippen LogP contribution in [0.2, 0.25) is 0 Å². The van der Waals surface area contributed by atoms with Crippen LogP contribution in [0.4, 0.5) is 0 Å². The number of aromatic amines is 1. The van der Waals surface area contributed by atoms with Crippen LogP contribution in [0.15, 0.2) is 23.1 Å². The van der Waals surface area contributed by atoms with Crippen molar-refractivity contribution in [1.29, 1.82) is 0 Å². The molecule has 4 N–H and O–H groups in total. The van der Waals surface area contributed by atoms with Crippen LogP contribution in [0.25, 0.3) is 5.65 Å². The van der Waals surface area contributed by atoms with Gasteiger partial charge in [-0.2, -0.15) is 0 Å². The molecule has 2 rings (SSSR count). The molecule has 2 aromatic rings. The van der Waals surface area contributed by atoms with Crippen molar-refractivity contribution >= 4 is 36.4 Å². The Morgan fingerprint density at radius 3 is 2.84 bits per heavy atom. The quantitative estimate of drug-likeness (QED) is 0.770. The molecule has 0 saturated carbocycles. The number of carbonyl (C=O) groups is 1. The Bertz CT molecular complexity index is 610. The third-order valence-corrected chi connectivity index (χ3v) is 2.44. The SMILES string of the molecule is Cl.Cl.NC(CCC(=O)O)c1nc2cccn2c(=O)[nH]1. The van der Waals surface area contributed by atoms with Gasteiger partial charge in [0.15, 0.2) is 0 Å². The Hall–Kier alpha value is -1.57. The molecule has 0 bridgehead atoms. The first-order valence-electron chi connectivity index (χ1n) is 5.12. The van der Waals surface area contributed by atoms with Gasteiger partial charge < -0.3 is 10.8 Å². The molecule has 1 unspecified atom stereocenters. The summed E-state index contributed by atoms with van der Waals surface area (Å²) in [5, 5.41) is 8.55. The van der Waals surface area contributed by atoms with E-state index in [9.17, 15) is 9.59 Å². The maximum absolute atomic E-state index is 11.6. The van der Waals surface area contributed by atoms with Gasteiger partial charge in [-0.3, -0.25) is 14.2 Å². The number of rotatable bonds is 4. The number of aromatic nitrogens is 3. The molecule has 2 aromatic heterocycles. The van der Waals surface area contributed by atoms with Crippen molar-refractivity contribution < 1.29 is 9.90 Å². The molecule has 2 heterocycles. The number of hydrogen-bond acceptors (Lipinski definition) is 4. The number of carboxylic acid groups (broad SMARTS) is 1. The van der Waals surface area contributed by atoms with Gasteiger partial charge in [-0.1, -0.05) is 0 Å². The summed E-state index contributed by atoms with van der Waals surface area (Å²) in [4.78, 5) is 28.7. The molecule has 1 atom stereocenters. The van der Waals surface area contributed by atoms with Crippen molar-refractivity contribution in [3.63, 3.8) is 0 Å². The molecule has 0 aromatic carbocycles. The average molecular weight is 309 g/mol. The van der Waals surface area contributed by atoms with Gasteiger partial charge in [-0.05, 0) is 18.6 Å². The Kier molecular flexibility index (Phi) is 6.54. The first-order chi connectivity index (χ1) is 8.08. The second-order valence-corrected chi connectivity index (χ2v) is 3.70. The molecule has 0 fully saturated rings. The maximum atomic E-state index is 11.6. The highest BCUT2D eigenvalue weighted by Gasteiger charge is 2.12. The largest absolute Gasteiger partial charge is 0.481 e. The number of carboxylic acids is 1. The third kappa shape index (κ3) is 3.95. The smallest absolute Gasteiger partial charge is 0.332 e. The molecule has 0 aliphatic rings. The molecule has 0 saturated heterocycles. The zero-order chi connectivity index (χ0) is 12.4. The number of nitrogens with zero attached hydrogens (tertiary/aromatic N) is 2. The fourth-order valence-electron chi connectivity index (χ4n) is 1.55. The summed E-state index contributed by atoms with van der Waals surface area (Å²) in [5.74, 6) is -0.617. The summed E-state index contributed by atoms with van der Waals surface area (Å²) in [5.41, 5.74) is 5.93. The van der Waals surface area contributed by atoms with Crippen molar-refractivity contribution in [2.45, 2.75) is 18.9 Å². The second kappa shape index (κ2) is 7.13. The van der Waals surface area contributed by atoms with E-state index in [2.05, 4.69) is 9.97 Å². The Labute approximate surface area is 120 Å².